The second kappa shape index (κ2) is 14.2. The molecule has 1 fully saturated rings. The monoisotopic (exact) mass is 670 g/mol. The van der Waals surface area contributed by atoms with Crippen molar-refractivity contribution in [2.24, 2.45) is 14.1 Å². The molecule has 2 aliphatic heterocycles. The number of hydrogen-bond acceptors (Lipinski definition) is 7. The number of aliphatic hydroxyl groups is 1. The zero-order valence-corrected chi connectivity index (χ0v) is 28.8. The molecule has 4 aromatic rings. The third kappa shape index (κ3) is 7.03. The Balaban J connectivity index is 1.21. The van der Waals surface area contributed by atoms with E-state index in [4.69, 9.17) is 16.6 Å². The number of rotatable bonds is 10. The normalized spacial score (nSPS) is 15.8. The number of anilines is 1. The van der Waals surface area contributed by atoms with Crippen LogP contribution in [0.1, 0.15) is 68.8 Å². The summed E-state index contributed by atoms with van der Waals surface area (Å²) in [6.45, 7) is 8.38. The van der Waals surface area contributed by atoms with Gasteiger partial charge in [0.05, 0.1) is 16.8 Å². The molecule has 48 heavy (non-hydrogen) atoms. The second-order valence-electron chi connectivity index (χ2n) is 13.2. The van der Waals surface area contributed by atoms with Crippen molar-refractivity contribution in [1.82, 2.24) is 23.9 Å². The van der Waals surface area contributed by atoms with E-state index in [9.17, 15) is 19.5 Å². The van der Waals surface area contributed by atoms with Crippen molar-refractivity contribution in [3.63, 3.8) is 0 Å². The number of hydrogen-bond donors (Lipinski definition) is 2. The highest BCUT2D eigenvalue weighted by molar-refractivity contribution is 6.34. The van der Waals surface area contributed by atoms with E-state index in [-0.39, 0.29) is 23.3 Å². The number of likely N-dealkylation sites (tertiary alicyclic amines) is 1. The van der Waals surface area contributed by atoms with Gasteiger partial charge in [-0.05, 0) is 74.2 Å². The number of nitrogens with zero attached hydrogens (tertiary/aromatic N) is 5. The minimum atomic E-state index is -0.462. The Morgan fingerprint density at radius 2 is 1.77 bits per heavy atom. The zero-order chi connectivity index (χ0) is 34.1. The number of β-amino-alcohol motifs (C(OH)–C–C–N with tert-alkyl or cyclic N) is 1. The van der Waals surface area contributed by atoms with Gasteiger partial charge in [0, 0.05) is 76.3 Å². The average molecular weight is 671 g/mol. The fourth-order valence-corrected chi connectivity index (χ4v) is 7.31. The number of aryl methyl sites for hydroxylation is 1. The van der Waals surface area contributed by atoms with Crippen molar-refractivity contribution in [2.45, 2.75) is 58.7 Å². The van der Waals surface area contributed by atoms with Gasteiger partial charge in [-0.1, -0.05) is 41.9 Å². The number of halogens is 1. The van der Waals surface area contributed by atoms with Crippen LogP contribution in [-0.4, -0.2) is 73.0 Å². The highest BCUT2D eigenvalue weighted by Crippen LogP contribution is 2.36. The minimum Gasteiger partial charge on any atom is -0.392 e. The maximum atomic E-state index is 13.6. The number of ketones is 1. The Morgan fingerprint density at radius 3 is 2.52 bits per heavy atom. The average Bonchev–Trinajstić information content (AvgIpc) is 3.68. The van der Waals surface area contributed by atoms with Crippen LogP contribution >= 0.6 is 11.6 Å². The van der Waals surface area contributed by atoms with E-state index in [1.807, 2.05) is 54.9 Å². The highest BCUT2D eigenvalue weighted by atomic mass is 35.5. The molecule has 252 valence electrons. The SMILES string of the molecule is Cc1c(NC(=O)c2cc(CN3CCCC3)cn(C)c2=O)cccc1-c1cccc(CC(=O)c2nc3c(n2C)CCN(C[C@H](C)O)C3)c1Cl. The Labute approximate surface area is 286 Å². The van der Waals surface area contributed by atoms with Gasteiger partial charge in [0.2, 0.25) is 5.78 Å². The molecule has 10 nitrogen and oxygen atoms in total. The van der Waals surface area contributed by atoms with Crippen LogP contribution in [0, 0.1) is 6.92 Å². The Morgan fingerprint density at radius 1 is 1.04 bits per heavy atom. The first kappa shape index (κ1) is 33.8. The van der Waals surface area contributed by atoms with Gasteiger partial charge >= 0.3 is 0 Å². The summed E-state index contributed by atoms with van der Waals surface area (Å²) in [5.41, 5.74) is 6.20. The lowest BCUT2D eigenvalue weighted by Crippen LogP contribution is -2.36. The van der Waals surface area contributed by atoms with Crippen molar-refractivity contribution < 1.29 is 14.7 Å². The smallest absolute Gasteiger partial charge is 0.263 e. The molecule has 2 aliphatic rings. The van der Waals surface area contributed by atoms with Crippen LogP contribution in [0.25, 0.3) is 11.1 Å². The fraction of sp³-hybridized carbons (Fsp3) is 0.405. The number of imidazole rings is 1. The topological polar surface area (TPSA) is 113 Å². The number of carbonyl (C=O) groups excluding carboxylic acids is 2. The van der Waals surface area contributed by atoms with E-state index in [0.29, 0.717) is 41.7 Å². The molecule has 0 radical (unpaired) electrons. The van der Waals surface area contributed by atoms with Gasteiger partial charge in [-0.25, -0.2) is 4.98 Å². The molecule has 0 bridgehead atoms. The van der Waals surface area contributed by atoms with Crippen molar-refractivity contribution >= 4 is 29.0 Å². The summed E-state index contributed by atoms with van der Waals surface area (Å²) in [5.74, 6) is -0.187. The van der Waals surface area contributed by atoms with Gasteiger partial charge in [0.25, 0.3) is 11.5 Å². The molecule has 1 saturated heterocycles. The molecule has 4 heterocycles. The van der Waals surface area contributed by atoms with E-state index in [1.54, 1.807) is 26.2 Å². The van der Waals surface area contributed by atoms with Gasteiger partial charge < -0.3 is 19.6 Å². The first-order chi connectivity index (χ1) is 23.0. The maximum absolute atomic E-state index is 13.6. The Kier molecular flexibility index (Phi) is 9.98. The van der Waals surface area contributed by atoms with E-state index in [0.717, 1.165) is 72.5 Å². The van der Waals surface area contributed by atoms with E-state index < -0.39 is 12.0 Å². The van der Waals surface area contributed by atoms with Crippen LogP contribution in [0.15, 0.2) is 53.5 Å². The molecule has 2 aromatic carbocycles. The summed E-state index contributed by atoms with van der Waals surface area (Å²) in [4.78, 5) is 49.3. The van der Waals surface area contributed by atoms with Crippen molar-refractivity contribution in [3.05, 3.63) is 104 Å². The number of fused-ring (bicyclic) bond motifs is 1. The first-order valence-corrected chi connectivity index (χ1v) is 17.0. The molecule has 0 unspecified atom stereocenters. The van der Waals surface area contributed by atoms with E-state index in [1.165, 1.54) is 4.57 Å². The number of aromatic nitrogens is 3. The number of carbonyl (C=O) groups is 2. The number of amides is 1. The largest absolute Gasteiger partial charge is 0.392 e. The lowest BCUT2D eigenvalue weighted by atomic mass is 9.96. The summed E-state index contributed by atoms with van der Waals surface area (Å²) in [6, 6.07) is 12.9. The number of nitrogens with one attached hydrogen (secondary N) is 1. The highest BCUT2D eigenvalue weighted by Gasteiger charge is 2.27. The lowest BCUT2D eigenvalue weighted by molar-refractivity contribution is 0.0978. The third-order valence-electron chi connectivity index (χ3n) is 9.50. The Bertz CT molecular complexity index is 1920. The summed E-state index contributed by atoms with van der Waals surface area (Å²) in [5, 5.41) is 13.2. The Hall–Kier alpha value is -4.09. The standard InChI is InChI=1S/C37H43ClN6O4/c1-23(45)19-44-16-13-32-31(22-44)39-35(42(32)4)33(46)18-26-9-7-11-28(34(26)38)27-10-8-12-30(24(27)2)40-36(47)29-17-25(20-41(3)37(29)48)21-43-14-5-6-15-43/h7-12,17,20,23,45H,5-6,13-16,18-19,21-22H2,1-4H3,(H,40,47)/t23-/m0/s1. The fourth-order valence-electron chi connectivity index (χ4n) is 7.02. The summed E-state index contributed by atoms with van der Waals surface area (Å²) < 4.78 is 3.36. The van der Waals surface area contributed by atoms with Crippen LogP contribution in [0.2, 0.25) is 5.02 Å². The molecule has 0 saturated carbocycles. The van der Waals surface area contributed by atoms with Crippen LogP contribution in [0.3, 0.4) is 0 Å². The van der Waals surface area contributed by atoms with Crippen LogP contribution in [0.5, 0.6) is 0 Å². The number of Topliss-reactive ketones (excluding diaryl/α,β-unsaturated/α-hetero) is 1. The van der Waals surface area contributed by atoms with Crippen LogP contribution in [-0.2, 0) is 40.0 Å². The molecule has 1 atom stereocenters. The molecule has 1 amide bonds. The second-order valence-corrected chi connectivity index (χ2v) is 13.6. The number of aliphatic hydroxyl groups excluding tert-OH is 1. The van der Waals surface area contributed by atoms with Crippen molar-refractivity contribution in [1.29, 1.82) is 0 Å². The third-order valence-corrected chi connectivity index (χ3v) is 9.94. The summed E-state index contributed by atoms with van der Waals surface area (Å²) in [6.07, 6.45) is 4.55. The number of pyridine rings is 1. The van der Waals surface area contributed by atoms with Crippen LogP contribution < -0.4 is 10.9 Å². The van der Waals surface area contributed by atoms with Gasteiger partial charge in [-0.2, -0.15) is 0 Å². The number of benzene rings is 2. The molecule has 6 rings (SSSR count). The van der Waals surface area contributed by atoms with Crippen LogP contribution in [0.4, 0.5) is 5.69 Å². The predicted molar refractivity (Wildman–Crippen MR) is 188 cm³/mol. The molecular formula is C37H43ClN6O4. The molecule has 2 aromatic heterocycles. The van der Waals surface area contributed by atoms with Gasteiger partial charge in [0.1, 0.15) is 5.56 Å². The van der Waals surface area contributed by atoms with Gasteiger partial charge in [-0.3, -0.25) is 24.2 Å². The maximum Gasteiger partial charge on any atom is 0.263 e. The predicted octanol–water partition coefficient (Wildman–Crippen LogP) is 4.76. The summed E-state index contributed by atoms with van der Waals surface area (Å²) in [7, 11) is 3.55. The van der Waals surface area contributed by atoms with Crippen molar-refractivity contribution in [2.75, 3.05) is 31.5 Å². The van der Waals surface area contributed by atoms with E-state index >= 15 is 0 Å². The van der Waals surface area contributed by atoms with Gasteiger partial charge in [0.15, 0.2) is 5.82 Å². The van der Waals surface area contributed by atoms with E-state index in [2.05, 4.69) is 15.1 Å². The lowest BCUT2D eigenvalue weighted by Gasteiger charge is -2.27. The molecule has 0 aliphatic carbocycles. The quantitative estimate of drug-likeness (QED) is 0.234. The zero-order valence-electron chi connectivity index (χ0n) is 28.1. The minimum absolute atomic E-state index is 0.0837. The molecule has 11 heteroatoms. The molecule has 2 N–H and O–H groups in total. The first-order valence-electron chi connectivity index (χ1n) is 16.6. The molecule has 0 spiro atoms. The molecular weight excluding hydrogens is 628 g/mol. The summed E-state index contributed by atoms with van der Waals surface area (Å²) >= 11 is 6.99. The van der Waals surface area contributed by atoms with Crippen molar-refractivity contribution in [3.8, 4) is 11.1 Å². The van der Waals surface area contributed by atoms with Gasteiger partial charge in [-0.15, -0.1) is 0 Å².